The van der Waals surface area contributed by atoms with E-state index in [4.69, 9.17) is 19.4 Å². The second-order valence-electron chi connectivity index (χ2n) is 23.1. The number of anilines is 3. The molecule has 5 aliphatic rings. The molecule has 17 nitrogen and oxygen atoms in total. The van der Waals surface area contributed by atoms with Crippen LogP contribution in [0, 0.1) is 18.8 Å². The molecule has 3 N–H and O–H groups in total. The second-order valence-corrected chi connectivity index (χ2v) is 24.0. The van der Waals surface area contributed by atoms with Gasteiger partial charge in [0.15, 0.2) is 5.13 Å². The van der Waals surface area contributed by atoms with Gasteiger partial charge >= 0.3 is 0 Å². The first-order chi connectivity index (χ1) is 38.3. The third-order valence-electron chi connectivity index (χ3n) is 17.4. The number of aliphatic hydroxyl groups is 2. The van der Waals surface area contributed by atoms with Gasteiger partial charge in [-0.1, -0.05) is 26.0 Å². The van der Waals surface area contributed by atoms with Crippen molar-refractivity contribution < 1.29 is 29.3 Å². The lowest BCUT2D eigenvalue weighted by molar-refractivity contribution is -0.136. The fourth-order valence-electron chi connectivity index (χ4n) is 12.9. The topological polar surface area (TPSA) is 166 Å². The van der Waals surface area contributed by atoms with E-state index in [1.165, 1.54) is 12.8 Å². The van der Waals surface area contributed by atoms with Gasteiger partial charge in [0.2, 0.25) is 11.8 Å². The predicted molar refractivity (Wildman–Crippen MR) is 318 cm³/mol. The van der Waals surface area contributed by atoms with E-state index in [9.17, 15) is 19.8 Å². The Labute approximate surface area is 473 Å². The summed E-state index contributed by atoms with van der Waals surface area (Å²) < 4.78 is 11.7. The molecule has 2 atom stereocenters. The van der Waals surface area contributed by atoms with Crippen molar-refractivity contribution in [2.24, 2.45) is 11.8 Å². The van der Waals surface area contributed by atoms with Crippen molar-refractivity contribution in [1.29, 1.82) is 0 Å². The molecule has 0 aliphatic carbocycles. The Hall–Kier alpha value is -5.37. The molecule has 5 aliphatic heterocycles. The number of pyridine rings is 2. The van der Waals surface area contributed by atoms with Crippen LogP contribution in [0.3, 0.4) is 0 Å². The van der Waals surface area contributed by atoms with Crippen LogP contribution in [-0.2, 0) is 9.59 Å². The molecule has 10 rings (SSSR count). The predicted octanol–water partition coefficient (Wildman–Crippen LogP) is 7.62. The summed E-state index contributed by atoms with van der Waals surface area (Å²) in [6, 6.07) is 14.7. The summed E-state index contributed by atoms with van der Waals surface area (Å²) in [6.45, 7) is 22.5. The molecular weight excluding hydrogens is 1010 g/mol. The lowest BCUT2D eigenvalue weighted by atomic mass is 9.86. The number of aliphatic hydroxyl groups excluding tert-OH is 1. The normalized spacial score (nSPS) is 20.0. The smallest absolute Gasteiger partial charge is 0.225 e. The lowest BCUT2D eigenvalue weighted by Crippen LogP contribution is -2.48. The van der Waals surface area contributed by atoms with Crippen LogP contribution in [0.4, 0.5) is 16.5 Å². The van der Waals surface area contributed by atoms with Crippen LogP contribution >= 0.6 is 11.3 Å². The van der Waals surface area contributed by atoms with E-state index in [1.54, 1.807) is 25.6 Å². The number of methoxy groups -OCH3 is 2. The molecular formula is C61H89N11O6S. The average Bonchev–Trinajstić information content (AvgIpc) is 4.15. The van der Waals surface area contributed by atoms with Gasteiger partial charge in [0.1, 0.15) is 22.9 Å². The molecule has 0 radical (unpaired) electrons. The molecule has 3 aromatic heterocycles. The van der Waals surface area contributed by atoms with Crippen molar-refractivity contribution in [3.05, 3.63) is 71.5 Å². The van der Waals surface area contributed by atoms with Gasteiger partial charge in [-0.15, -0.1) is 11.3 Å². The number of fused-ring (bicyclic) bond motifs is 2. The van der Waals surface area contributed by atoms with Gasteiger partial charge in [0, 0.05) is 145 Å². The maximum atomic E-state index is 13.4. The fraction of sp³-hybridized carbons (Fsp3) is 0.623. The van der Waals surface area contributed by atoms with Crippen molar-refractivity contribution in [2.75, 3.05) is 140 Å². The molecule has 18 heteroatoms. The summed E-state index contributed by atoms with van der Waals surface area (Å²) in [4.78, 5) is 57.0. The molecule has 430 valence electrons. The van der Waals surface area contributed by atoms with Crippen LogP contribution in [0.15, 0.2) is 60.2 Å². The number of ether oxygens (including phenoxy) is 2. The molecule has 0 saturated carbocycles. The molecule has 2 unspecified atom stereocenters. The first-order valence-electron chi connectivity index (χ1n) is 29.5. The second kappa shape index (κ2) is 27.4. The standard InChI is InChI=1S/C34H49N7O3S.C27H40N4O3/c1-25-22-26-8-6-11-36-30(26)31(32(25)44-3)40-16-7-15-39(20-21-40)28(23-29(42)35-12-19-38-13-4-5-14-38)27-24-45-33(37-27)41-17-9-34(2,43)10-18-41;1-20(2)27(33)31-15-9-21(10-16-31)23(11-19-32)29-13-5-14-30(18-17-29)26-24(34-3)8-7-22-6-4-12-28-25(22)26/h6,8,11,22,24,28,43H,4-5,7,9-10,12-21,23H2,1-3H3,(H,35,42);4,6-8,12,20-21,23,32H,5,9-11,13-19H2,1-3H3. The highest BCUT2D eigenvalue weighted by atomic mass is 32.1. The summed E-state index contributed by atoms with van der Waals surface area (Å²) in [7, 11) is 3.47. The minimum absolute atomic E-state index is 0.0573. The molecule has 2 aromatic carbocycles. The Morgan fingerprint density at radius 2 is 1.43 bits per heavy atom. The molecule has 5 fully saturated rings. The van der Waals surface area contributed by atoms with Crippen LogP contribution in [0.25, 0.3) is 21.8 Å². The Bertz CT molecular complexity index is 2770. The van der Waals surface area contributed by atoms with Crippen LogP contribution in [0.2, 0.25) is 0 Å². The van der Waals surface area contributed by atoms with E-state index < -0.39 is 5.60 Å². The Kier molecular flexibility index (Phi) is 20.2. The van der Waals surface area contributed by atoms with Crippen molar-refractivity contribution in [3.63, 3.8) is 0 Å². The van der Waals surface area contributed by atoms with Crippen molar-refractivity contribution in [1.82, 2.24) is 39.9 Å². The number of carbonyl (C=O) groups excluding carboxylic acids is 2. The largest absolute Gasteiger partial charge is 0.494 e. The molecule has 5 aromatic rings. The highest BCUT2D eigenvalue weighted by Gasteiger charge is 2.35. The number of aryl methyl sites for hydroxylation is 1. The summed E-state index contributed by atoms with van der Waals surface area (Å²) >= 11 is 1.65. The van der Waals surface area contributed by atoms with E-state index in [2.05, 4.69) is 76.3 Å². The van der Waals surface area contributed by atoms with Crippen molar-refractivity contribution in [2.45, 2.75) is 110 Å². The van der Waals surface area contributed by atoms with Crippen LogP contribution in [0.5, 0.6) is 11.5 Å². The molecule has 2 amide bonds. The molecule has 0 bridgehead atoms. The first-order valence-corrected chi connectivity index (χ1v) is 30.4. The minimum atomic E-state index is -0.606. The van der Waals surface area contributed by atoms with Gasteiger partial charge in [-0.3, -0.25) is 29.4 Å². The zero-order chi connectivity index (χ0) is 55.5. The third-order valence-corrected chi connectivity index (χ3v) is 18.3. The zero-order valence-electron chi connectivity index (χ0n) is 48.1. The number of amides is 2. The van der Waals surface area contributed by atoms with Gasteiger partial charge in [0.25, 0.3) is 0 Å². The number of aromatic nitrogens is 3. The number of nitrogens with zero attached hydrogens (tertiary/aromatic N) is 10. The van der Waals surface area contributed by atoms with E-state index >= 15 is 0 Å². The monoisotopic (exact) mass is 1100 g/mol. The van der Waals surface area contributed by atoms with E-state index in [0.29, 0.717) is 24.9 Å². The van der Waals surface area contributed by atoms with Crippen LogP contribution < -0.4 is 29.5 Å². The van der Waals surface area contributed by atoms with Gasteiger partial charge < -0.3 is 49.5 Å². The van der Waals surface area contributed by atoms with Gasteiger partial charge in [-0.2, -0.15) is 0 Å². The SMILES string of the molecule is COc1c(C)cc2cccnc2c1N1CCCN(C(CC(=O)NCCN2CCCC2)c2csc(N3CCC(C)(O)CC3)n2)CC1.COc1ccc2cccnc2c1N1CCCN(C(CCO)C2CCN(C(=O)C(C)C)CC2)CC1. The summed E-state index contributed by atoms with van der Waals surface area (Å²) in [5, 5.41) is 28.9. The average molecular weight is 1100 g/mol. The number of nitrogens with one attached hydrogen (secondary N) is 1. The number of hydrogen-bond donors (Lipinski definition) is 3. The highest BCUT2D eigenvalue weighted by Crippen LogP contribution is 2.41. The third kappa shape index (κ3) is 14.4. The Morgan fingerprint density at radius 1 is 0.772 bits per heavy atom. The minimum Gasteiger partial charge on any atom is -0.494 e. The number of likely N-dealkylation sites (tertiary alicyclic amines) is 2. The first kappa shape index (κ1) is 58.3. The summed E-state index contributed by atoms with van der Waals surface area (Å²) in [5.41, 5.74) is 5.56. The molecule has 5 saturated heterocycles. The van der Waals surface area contributed by atoms with Gasteiger partial charge in [-0.25, -0.2) is 4.98 Å². The maximum absolute atomic E-state index is 13.4. The maximum Gasteiger partial charge on any atom is 0.225 e. The van der Waals surface area contributed by atoms with E-state index in [0.717, 1.165) is 204 Å². The highest BCUT2D eigenvalue weighted by molar-refractivity contribution is 7.13. The number of thiazole rings is 1. The van der Waals surface area contributed by atoms with Gasteiger partial charge in [0.05, 0.1) is 42.6 Å². The zero-order valence-corrected chi connectivity index (χ0v) is 48.9. The number of carbonyl (C=O) groups is 2. The quantitative estimate of drug-likeness (QED) is 0.0832. The fourth-order valence-corrected chi connectivity index (χ4v) is 13.8. The van der Waals surface area contributed by atoms with Crippen LogP contribution in [-0.4, -0.2) is 194 Å². The lowest BCUT2D eigenvalue weighted by Gasteiger charge is -2.41. The number of benzene rings is 2. The Morgan fingerprint density at radius 3 is 2.10 bits per heavy atom. The van der Waals surface area contributed by atoms with Crippen molar-refractivity contribution in [3.8, 4) is 11.5 Å². The number of hydrogen-bond acceptors (Lipinski definition) is 16. The number of rotatable bonds is 17. The summed E-state index contributed by atoms with van der Waals surface area (Å²) in [6.07, 6.45) is 12.9. The number of piperidine rings is 2. The molecule has 0 spiro atoms. The van der Waals surface area contributed by atoms with Crippen LogP contribution in [0.1, 0.15) is 102 Å². The van der Waals surface area contributed by atoms with E-state index in [1.807, 2.05) is 56.3 Å². The Balaban J connectivity index is 0.000000199. The molecule has 8 heterocycles. The van der Waals surface area contributed by atoms with Crippen molar-refractivity contribution >= 4 is 61.5 Å². The van der Waals surface area contributed by atoms with E-state index in [-0.39, 0.29) is 30.4 Å². The van der Waals surface area contributed by atoms with Gasteiger partial charge in [-0.05, 0) is 127 Å². The molecule has 79 heavy (non-hydrogen) atoms. The summed E-state index contributed by atoms with van der Waals surface area (Å²) in [5.74, 6) is 2.67.